The van der Waals surface area contributed by atoms with Gasteiger partial charge in [-0.05, 0) is 12.1 Å². The molecule has 0 bridgehead atoms. The van der Waals surface area contributed by atoms with Crippen LogP contribution in [0.15, 0.2) is 23.6 Å². The Morgan fingerprint density at radius 3 is 2.74 bits per heavy atom. The number of hydrogen-bond acceptors (Lipinski definition) is 6. The fraction of sp³-hybridized carbons (Fsp3) is 0.0909. The molecule has 2 rings (SSSR count). The summed E-state index contributed by atoms with van der Waals surface area (Å²) < 4.78 is 0. The van der Waals surface area contributed by atoms with Gasteiger partial charge in [-0.2, -0.15) is 0 Å². The number of carboxylic acids is 1. The summed E-state index contributed by atoms with van der Waals surface area (Å²) in [6.07, 6.45) is 0. The number of primary amides is 1. The van der Waals surface area contributed by atoms with Crippen LogP contribution in [0.2, 0.25) is 0 Å². The number of nitrogens with one attached hydrogen (secondary N) is 1. The number of carbonyl (C=O) groups excluding carboxylic acids is 1. The Kier molecular flexibility index (Phi) is 3.71. The highest BCUT2D eigenvalue weighted by molar-refractivity contribution is 7.09. The number of nitrogens with zero attached hydrogens (tertiary/aromatic N) is 2. The summed E-state index contributed by atoms with van der Waals surface area (Å²) in [5, 5.41) is 13.8. The first-order valence-electron chi connectivity index (χ1n) is 5.24. The topological polar surface area (TPSA) is 118 Å². The van der Waals surface area contributed by atoms with Crippen LogP contribution in [-0.4, -0.2) is 27.0 Å². The molecule has 2 aromatic rings. The Morgan fingerprint density at radius 1 is 1.32 bits per heavy atom. The van der Waals surface area contributed by atoms with E-state index in [4.69, 9.17) is 10.8 Å². The molecule has 0 aliphatic rings. The molecule has 0 radical (unpaired) electrons. The number of pyridine rings is 1. The van der Waals surface area contributed by atoms with Crippen LogP contribution < -0.4 is 11.1 Å². The molecule has 19 heavy (non-hydrogen) atoms. The molecule has 0 aromatic carbocycles. The molecule has 4 N–H and O–H groups in total. The van der Waals surface area contributed by atoms with Crippen molar-refractivity contribution in [3.05, 3.63) is 40.0 Å². The highest BCUT2D eigenvalue weighted by atomic mass is 32.1. The van der Waals surface area contributed by atoms with Crippen LogP contribution >= 0.6 is 11.3 Å². The Hall–Kier alpha value is -2.48. The number of anilines is 1. The van der Waals surface area contributed by atoms with E-state index in [1.54, 1.807) is 12.1 Å². The second-order valence-corrected chi connectivity index (χ2v) is 4.50. The number of aromatic nitrogens is 2. The van der Waals surface area contributed by atoms with Crippen molar-refractivity contribution in [1.29, 1.82) is 0 Å². The average Bonchev–Trinajstić information content (AvgIpc) is 2.85. The van der Waals surface area contributed by atoms with Crippen molar-refractivity contribution >= 4 is 29.0 Å². The van der Waals surface area contributed by atoms with E-state index in [0.29, 0.717) is 17.4 Å². The summed E-state index contributed by atoms with van der Waals surface area (Å²) in [5.74, 6) is -1.19. The quantitative estimate of drug-likeness (QED) is 0.749. The monoisotopic (exact) mass is 278 g/mol. The van der Waals surface area contributed by atoms with Crippen molar-refractivity contribution in [2.24, 2.45) is 5.73 Å². The average molecular weight is 278 g/mol. The first kappa shape index (κ1) is 13.0. The largest absolute Gasteiger partial charge is 0.476 e. The maximum absolute atomic E-state index is 11.0. The van der Waals surface area contributed by atoms with Gasteiger partial charge in [-0.15, -0.1) is 11.3 Å². The van der Waals surface area contributed by atoms with E-state index in [1.807, 2.05) is 0 Å². The number of carboxylic acid groups (broad SMARTS) is 1. The van der Waals surface area contributed by atoms with Crippen molar-refractivity contribution in [3.63, 3.8) is 0 Å². The van der Waals surface area contributed by atoms with Gasteiger partial charge in [0.15, 0.2) is 5.69 Å². The number of amides is 1. The van der Waals surface area contributed by atoms with Crippen LogP contribution in [0.25, 0.3) is 0 Å². The maximum Gasteiger partial charge on any atom is 0.355 e. The second kappa shape index (κ2) is 5.44. The molecular formula is C11H10N4O3S. The highest BCUT2D eigenvalue weighted by Gasteiger charge is 2.08. The van der Waals surface area contributed by atoms with Crippen LogP contribution in [0.4, 0.5) is 5.82 Å². The van der Waals surface area contributed by atoms with Crippen LogP contribution in [0.5, 0.6) is 0 Å². The molecule has 0 saturated heterocycles. The minimum absolute atomic E-state index is 0.0145. The van der Waals surface area contributed by atoms with Crippen LogP contribution in [0.1, 0.15) is 26.0 Å². The Bertz CT molecular complexity index is 626. The summed E-state index contributed by atoms with van der Waals surface area (Å²) in [6.45, 7) is 0.327. The first-order chi connectivity index (χ1) is 9.06. The van der Waals surface area contributed by atoms with Crippen LogP contribution in [0.3, 0.4) is 0 Å². The molecule has 0 fully saturated rings. The summed E-state index contributed by atoms with van der Waals surface area (Å²) in [7, 11) is 0. The van der Waals surface area contributed by atoms with Gasteiger partial charge in [0.1, 0.15) is 16.5 Å². The molecule has 7 nitrogen and oxygen atoms in total. The van der Waals surface area contributed by atoms with Gasteiger partial charge in [-0.25, -0.2) is 14.8 Å². The molecule has 0 atom stereocenters. The summed E-state index contributed by atoms with van der Waals surface area (Å²) in [6, 6.07) is 4.84. The lowest BCUT2D eigenvalue weighted by Crippen LogP contribution is -2.14. The summed E-state index contributed by atoms with van der Waals surface area (Å²) >= 11 is 1.23. The Morgan fingerprint density at radius 2 is 2.11 bits per heavy atom. The highest BCUT2D eigenvalue weighted by Crippen LogP contribution is 2.12. The van der Waals surface area contributed by atoms with Gasteiger partial charge < -0.3 is 16.2 Å². The van der Waals surface area contributed by atoms with Crippen molar-refractivity contribution in [2.45, 2.75) is 6.54 Å². The van der Waals surface area contributed by atoms with E-state index in [0.717, 1.165) is 0 Å². The molecule has 2 aromatic heterocycles. The molecule has 0 aliphatic heterocycles. The third kappa shape index (κ3) is 3.26. The van der Waals surface area contributed by atoms with Crippen molar-refractivity contribution in [3.8, 4) is 0 Å². The predicted octanol–water partition coefficient (Wildman–Crippen LogP) is 0.947. The summed E-state index contributed by atoms with van der Waals surface area (Å²) in [5.41, 5.74) is 5.30. The van der Waals surface area contributed by atoms with E-state index < -0.39 is 11.9 Å². The zero-order valence-electron chi connectivity index (χ0n) is 9.66. The lowest BCUT2D eigenvalue weighted by atomic mass is 10.3. The SMILES string of the molecule is NC(=O)c1cccc(NCc2nc(C(=O)O)cs2)n1. The molecule has 2 heterocycles. The molecule has 0 unspecified atom stereocenters. The molecule has 0 spiro atoms. The van der Waals surface area contributed by atoms with E-state index in [1.165, 1.54) is 22.8 Å². The van der Waals surface area contributed by atoms with Crippen LogP contribution in [-0.2, 0) is 6.54 Å². The van der Waals surface area contributed by atoms with E-state index in [2.05, 4.69) is 15.3 Å². The zero-order chi connectivity index (χ0) is 13.8. The minimum atomic E-state index is -1.06. The second-order valence-electron chi connectivity index (χ2n) is 3.56. The van der Waals surface area contributed by atoms with Gasteiger partial charge in [-0.1, -0.05) is 6.07 Å². The molecule has 1 amide bonds. The maximum atomic E-state index is 11.0. The van der Waals surface area contributed by atoms with Gasteiger partial charge in [0.2, 0.25) is 0 Å². The number of aromatic carboxylic acids is 1. The third-order valence-corrected chi connectivity index (χ3v) is 3.04. The lowest BCUT2D eigenvalue weighted by Gasteiger charge is -2.04. The Labute approximate surface area is 112 Å². The van der Waals surface area contributed by atoms with E-state index in [9.17, 15) is 9.59 Å². The number of nitrogens with two attached hydrogens (primary N) is 1. The van der Waals surface area contributed by atoms with E-state index in [-0.39, 0.29) is 11.4 Å². The lowest BCUT2D eigenvalue weighted by molar-refractivity contribution is 0.0691. The van der Waals surface area contributed by atoms with Gasteiger partial charge >= 0.3 is 5.97 Å². The summed E-state index contributed by atoms with van der Waals surface area (Å²) in [4.78, 5) is 29.6. The number of hydrogen-bond donors (Lipinski definition) is 3. The minimum Gasteiger partial charge on any atom is -0.476 e. The van der Waals surface area contributed by atoms with Crippen molar-refractivity contribution in [1.82, 2.24) is 9.97 Å². The molecular weight excluding hydrogens is 268 g/mol. The number of rotatable bonds is 5. The molecule has 98 valence electrons. The fourth-order valence-corrected chi connectivity index (χ4v) is 2.03. The first-order valence-corrected chi connectivity index (χ1v) is 6.12. The van der Waals surface area contributed by atoms with E-state index >= 15 is 0 Å². The standard InChI is InChI=1S/C11H10N4O3S/c12-10(16)6-2-1-3-8(14-6)13-4-9-15-7(5-19-9)11(17)18/h1-3,5H,4H2,(H2,12,16)(H,13,14)(H,17,18). The van der Waals surface area contributed by atoms with Gasteiger partial charge in [0.05, 0.1) is 6.54 Å². The third-order valence-electron chi connectivity index (χ3n) is 2.19. The smallest absolute Gasteiger partial charge is 0.355 e. The Balaban J connectivity index is 2.03. The van der Waals surface area contributed by atoms with Crippen molar-refractivity contribution < 1.29 is 14.7 Å². The van der Waals surface area contributed by atoms with Crippen LogP contribution in [0, 0.1) is 0 Å². The predicted molar refractivity (Wildman–Crippen MR) is 69.2 cm³/mol. The molecule has 0 aliphatic carbocycles. The molecule has 0 saturated carbocycles. The normalized spacial score (nSPS) is 10.1. The zero-order valence-corrected chi connectivity index (χ0v) is 10.5. The van der Waals surface area contributed by atoms with Crippen molar-refractivity contribution in [2.75, 3.05) is 5.32 Å². The number of thiazole rings is 1. The molecule has 8 heteroatoms. The number of carbonyl (C=O) groups is 2. The van der Waals surface area contributed by atoms with Gasteiger partial charge in [0.25, 0.3) is 5.91 Å². The van der Waals surface area contributed by atoms with Gasteiger partial charge in [-0.3, -0.25) is 4.79 Å². The fourth-order valence-electron chi connectivity index (χ4n) is 1.33. The van der Waals surface area contributed by atoms with Gasteiger partial charge in [0, 0.05) is 5.38 Å².